The van der Waals surface area contributed by atoms with Gasteiger partial charge in [-0.3, -0.25) is 14.6 Å². The maximum atomic E-state index is 13.7. The van der Waals surface area contributed by atoms with Crippen molar-refractivity contribution < 1.29 is 33.4 Å². The number of nitrogens with one attached hydrogen (secondary N) is 2. The number of piperidine rings is 1. The third-order valence-corrected chi connectivity index (χ3v) is 8.57. The van der Waals surface area contributed by atoms with Gasteiger partial charge in [-0.15, -0.1) is 5.06 Å². The van der Waals surface area contributed by atoms with Crippen LogP contribution in [0, 0.1) is 12.8 Å². The van der Waals surface area contributed by atoms with Crippen molar-refractivity contribution in [1.29, 1.82) is 0 Å². The third-order valence-electron chi connectivity index (χ3n) is 8.57. The number of hydrogen-bond donors (Lipinski definition) is 2. The number of hydroxylamine groups is 2. The monoisotopic (exact) mass is 702 g/mol. The van der Waals surface area contributed by atoms with Crippen molar-refractivity contribution in [2.24, 2.45) is 5.92 Å². The number of methoxy groups -OCH3 is 1. The third kappa shape index (κ3) is 11.7. The standard InChI is InChI=1S/C40H54N4O7/c1-10-11-12-35(45)42-32-23-29(39(3,4)5)24-33(36(32)48-9)43-37(46)28-14-13-26(2)34(22-28)49-31-15-18-41-30(25-31)21-27-16-19-44(20-17-27)51-38(47)50-40(6,7)8/h13-15,18,22-25,27H,10-12,16-17,19-21H2,1-9H3,(H,42,45)(H,43,46). The molecule has 0 radical (unpaired) electrons. The van der Waals surface area contributed by atoms with Gasteiger partial charge in [0.25, 0.3) is 5.91 Å². The molecule has 0 bridgehead atoms. The van der Waals surface area contributed by atoms with Gasteiger partial charge < -0.3 is 29.7 Å². The predicted octanol–water partition coefficient (Wildman–Crippen LogP) is 8.99. The van der Waals surface area contributed by atoms with Crippen LogP contribution in [0.1, 0.15) is 108 Å². The van der Waals surface area contributed by atoms with Crippen LogP contribution in [0.15, 0.2) is 48.7 Å². The molecule has 2 amide bonds. The van der Waals surface area contributed by atoms with E-state index in [1.54, 1.807) is 50.2 Å². The highest BCUT2D eigenvalue weighted by Crippen LogP contribution is 2.39. The number of amides is 2. The van der Waals surface area contributed by atoms with E-state index < -0.39 is 11.8 Å². The van der Waals surface area contributed by atoms with Crippen LogP contribution in [0.2, 0.25) is 0 Å². The fourth-order valence-electron chi connectivity index (χ4n) is 5.70. The number of carbonyl (C=O) groups excluding carboxylic acids is 3. The number of carbonyl (C=O) groups is 3. The fraction of sp³-hybridized carbons (Fsp3) is 0.500. The van der Waals surface area contributed by atoms with Crippen LogP contribution in [0.3, 0.4) is 0 Å². The minimum absolute atomic E-state index is 0.103. The van der Waals surface area contributed by atoms with Crippen LogP contribution < -0.4 is 20.1 Å². The van der Waals surface area contributed by atoms with Crippen molar-refractivity contribution in [3.05, 3.63) is 71.0 Å². The lowest BCUT2D eigenvalue weighted by Crippen LogP contribution is -2.38. The number of aromatic nitrogens is 1. The Hall–Kier alpha value is -4.64. The average molecular weight is 703 g/mol. The number of aryl methyl sites for hydroxylation is 1. The molecular weight excluding hydrogens is 648 g/mol. The van der Waals surface area contributed by atoms with E-state index in [1.165, 1.54) is 7.11 Å². The first-order valence-corrected chi connectivity index (χ1v) is 17.8. The summed E-state index contributed by atoms with van der Waals surface area (Å²) in [6.07, 6.45) is 5.59. The van der Waals surface area contributed by atoms with Gasteiger partial charge in [0.2, 0.25) is 5.91 Å². The Balaban J connectivity index is 1.45. The maximum Gasteiger partial charge on any atom is 0.528 e. The summed E-state index contributed by atoms with van der Waals surface area (Å²) >= 11 is 0. The summed E-state index contributed by atoms with van der Waals surface area (Å²) in [7, 11) is 1.52. The molecule has 1 aliphatic rings. The summed E-state index contributed by atoms with van der Waals surface area (Å²) < 4.78 is 17.3. The molecule has 11 heteroatoms. The van der Waals surface area contributed by atoms with Crippen molar-refractivity contribution in [1.82, 2.24) is 10.0 Å². The molecule has 1 aromatic heterocycles. The molecule has 11 nitrogen and oxygen atoms in total. The van der Waals surface area contributed by atoms with Crippen LogP contribution in [-0.2, 0) is 26.2 Å². The van der Waals surface area contributed by atoms with Crippen LogP contribution >= 0.6 is 0 Å². The van der Waals surface area contributed by atoms with Crippen LogP contribution in [0.25, 0.3) is 0 Å². The molecule has 2 heterocycles. The molecule has 1 saturated heterocycles. The number of unbranched alkanes of at least 4 members (excludes halogenated alkanes) is 1. The van der Waals surface area contributed by atoms with E-state index in [0.29, 0.717) is 59.6 Å². The molecule has 0 saturated carbocycles. The zero-order chi connectivity index (χ0) is 37.3. The van der Waals surface area contributed by atoms with Crippen molar-refractivity contribution in [2.75, 3.05) is 30.8 Å². The maximum absolute atomic E-state index is 13.7. The summed E-state index contributed by atoms with van der Waals surface area (Å²) in [6.45, 7) is 16.8. The molecule has 0 spiro atoms. The summed E-state index contributed by atoms with van der Waals surface area (Å²) in [6, 6.07) is 12.8. The number of hydrogen-bond acceptors (Lipinski definition) is 9. The van der Waals surface area contributed by atoms with Crippen molar-refractivity contribution in [2.45, 2.75) is 105 Å². The lowest BCUT2D eigenvalue weighted by molar-refractivity contribution is -0.155. The van der Waals surface area contributed by atoms with E-state index in [1.807, 2.05) is 38.1 Å². The van der Waals surface area contributed by atoms with Crippen molar-refractivity contribution in [3.8, 4) is 17.2 Å². The van der Waals surface area contributed by atoms with E-state index >= 15 is 0 Å². The second-order valence-corrected chi connectivity index (χ2v) is 15.2. The van der Waals surface area contributed by atoms with Crippen molar-refractivity contribution in [3.63, 3.8) is 0 Å². The van der Waals surface area contributed by atoms with E-state index in [-0.39, 0.29) is 17.2 Å². The number of pyridine rings is 1. The largest absolute Gasteiger partial charge is 0.528 e. The second-order valence-electron chi connectivity index (χ2n) is 15.2. The Morgan fingerprint density at radius 2 is 1.63 bits per heavy atom. The van der Waals surface area contributed by atoms with Gasteiger partial charge in [0.15, 0.2) is 5.75 Å². The molecule has 51 heavy (non-hydrogen) atoms. The smallest absolute Gasteiger partial charge is 0.492 e. The molecule has 2 aromatic carbocycles. The molecule has 0 aliphatic carbocycles. The Morgan fingerprint density at radius 3 is 2.25 bits per heavy atom. The van der Waals surface area contributed by atoms with Crippen LogP contribution in [-0.4, -0.2) is 53.8 Å². The SMILES string of the molecule is CCCCC(=O)Nc1cc(C(C)(C)C)cc(NC(=O)c2ccc(C)c(Oc3ccnc(CC4CCN(OC(=O)OC(C)(C)C)CC4)c3)c2)c1OC. The van der Waals surface area contributed by atoms with Gasteiger partial charge in [-0.1, -0.05) is 40.2 Å². The summed E-state index contributed by atoms with van der Waals surface area (Å²) in [5, 5.41) is 7.66. The first kappa shape index (κ1) is 39.2. The molecule has 4 rings (SSSR count). The van der Waals surface area contributed by atoms with Crippen LogP contribution in [0.4, 0.5) is 16.2 Å². The molecule has 0 unspecified atom stereocenters. The van der Waals surface area contributed by atoms with Gasteiger partial charge in [-0.05, 0) is 106 Å². The zero-order valence-corrected chi connectivity index (χ0v) is 31.6. The van der Waals surface area contributed by atoms with Gasteiger partial charge in [-0.2, -0.15) is 0 Å². The topological polar surface area (TPSA) is 128 Å². The highest BCUT2D eigenvalue weighted by Gasteiger charge is 2.26. The Labute approximate surface area is 302 Å². The number of ether oxygens (including phenoxy) is 3. The number of rotatable bonds is 12. The summed E-state index contributed by atoms with van der Waals surface area (Å²) in [4.78, 5) is 48.4. The lowest BCUT2D eigenvalue weighted by Gasteiger charge is -2.30. The second kappa shape index (κ2) is 17.0. The fourth-order valence-corrected chi connectivity index (χ4v) is 5.70. The minimum Gasteiger partial charge on any atom is -0.492 e. The first-order valence-electron chi connectivity index (χ1n) is 17.8. The predicted molar refractivity (Wildman–Crippen MR) is 199 cm³/mol. The van der Waals surface area contributed by atoms with Gasteiger partial charge in [0, 0.05) is 43.0 Å². The molecule has 1 fully saturated rings. The average Bonchev–Trinajstić information content (AvgIpc) is 3.04. The molecule has 1 aliphatic heterocycles. The van der Waals surface area contributed by atoms with Gasteiger partial charge >= 0.3 is 6.16 Å². The molecule has 2 N–H and O–H groups in total. The number of benzene rings is 2. The van der Waals surface area contributed by atoms with Gasteiger partial charge in [0.05, 0.1) is 18.5 Å². The Bertz CT molecular complexity index is 1680. The zero-order valence-electron chi connectivity index (χ0n) is 31.6. The summed E-state index contributed by atoms with van der Waals surface area (Å²) in [5.74, 6) is 1.48. The Kier molecular flexibility index (Phi) is 13.1. The van der Waals surface area contributed by atoms with Crippen LogP contribution in [0.5, 0.6) is 17.2 Å². The van der Waals surface area contributed by atoms with E-state index in [2.05, 4.69) is 36.4 Å². The molecular formula is C40H54N4O7. The van der Waals surface area contributed by atoms with E-state index in [9.17, 15) is 14.4 Å². The summed E-state index contributed by atoms with van der Waals surface area (Å²) in [5.41, 5.74) is 3.23. The molecule has 3 aromatic rings. The highest BCUT2D eigenvalue weighted by molar-refractivity contribution is 6.06. The molecule has 276 valence electrons. The van der Waals surface area contributed by atoms with E-state index in [4.69, 9.17) is 19.0 Å². The van der Waals surface area contributed by atoms with Crippen molar-refractivity contribution >= 4 is 29.3 Å². The quantitative estimate of drug-likeness (QED) is 0.178. The van der Waals surface area contributed by atoms with Gasteiger partial charge in [-0.25, -0.2) is 4.79 Å². The van der Waals surface area contributed by atoms with E-state index in [0.717, 1.165) is 48.9 Å². The lowest BCUT2D eigenvalue weighted by atomic mass is 9.86. The highest BCUT2D eigenvalue weighted by atomic mass is 16.8. The normalized spacial score (nSPS) is 14.1. The number of nitrogens with zero attached hydrogens (tertiary/aromatic N) is 2. The first-order chi connectivity index (χ1) is 24.0. The molecule has 0 atom stereocenters. The minimum atomic E-state index is -0.684. The number of anilines is 2. The van der Waals surface area contributed by atoms with Gasteiger partial charge in [0.1, 0.15) is 17.1 Å². The Morgan fingerprint density at radius 1 is 0.941 bits per heavy atom.